The number of aliphatic hydroxyl groups excluding tert-OH is 1. The van der Waals surface area contributed by atoms with Gasteiger partial charge in [-0.3, -0.25) is 37.3 Å². The van der Waals surface area contributed by atoms with Crippen LogP contribution < -0.4 is 0 Å². The number of ether oxygens (including phenoxy) is 4. The number of aliphatic hydroxyl groups is 1. The van der Waals surface area contributed by atoms with Crippen LogP contribution in [0.3, 0.4) is 0 Å². The van der Waals surface area contributed by atoms with Crippen molar-refractivity contribution in [3.8, 4) is 0 Å². The summed E-state index contributed by atoms with van der Waals surface area (Å²) in [6.07, 6.45) is 80.4. The van der Waals surface area contributed by atoms with Gasteiger partial charge in [-0.1, -0.05) is 283 Å². The van der Waals surface area contributed by atoms with Gasteiger partial charge in [-0.15, -0.1) is 0 Å². The van der Waals surface area contributed by atoms with E-state index in [9.17, 15) is 43.2 Å². The average molecular weight is 1440 g/mol. The van der Waals surface area contributed by atoms with Gasteiger partial charge in [-0.05, 0) is 122 Å². The SMILES string of the molecule is CC/C=C\C/C=C\C/C=C\C/C=C\C/C=C\C/C=C\CCC(=O)OCC(COP(=O)(O)OCC(O)COP(=O)(O)OCC(COC(=O)CCCCCCCCCCCCCCCCC)OC(=O)CCCCCCC/C=C\CCCC)OC(=O)CCCC/C=C\C/C=C\C/C=C\C/C=C\CC. The molecule has 0 aliphatic heterocycles. The van der Waals surface area contributed by atoms with Crippen molar-refractivity contribution in [1.82, 2.24) is 0 Å². The number of phosphoric acid groups is 2. The van der Waals surface area contributed by atoms with E-state index < -0.39 is 97.5 Å². The van der Waals surface area contributed by atoms with Crippen LogP contribution in [0.5, 0.6) is 0 Å². The molecule has 0 aliphatic carbocycles. The molecular weight excluding hydrogens is 1310 g/mol. The first kappa shape index (κ1) is 95.2. The maximum absolute atomic E-state index is 13.1. The molecule has 3 N–H and O–H groups in total. The molecule has 0 rings (SSSR count). The standard InChI is InChI=1S/C81H136O17P2/c1-5-9-13-17-21-25-29-32-35-36-37-38-41-43-47-50-54-58-62-66-79(84)92-72-77(98-81(86)68-64-60-56-52-48-44-40-34-31-27-23-19-15-11-7-3)74-96-100(89,90)94-70-75(82)69-93-99(87,88)95-73-76(97-80(85)67-63-59-55-51-45-28-24-20-16-12-8-4)71-91-78(83)65-61-57-53-49-46-42-39-33-30-26-22-18-14-10-6-2/h9,11,13,15,20-21,23-25,27,32,34-35,37-38,40,43,47-48,52,54,58,75-77,82H,5-8,10,12,14,16-19,22,26,28-31,33,36,39,41-42,44-46,49-51,53,55-57,59-74H2,1-4H3,(H,87,88)(H,89,90)/b13-9-,15-11-,24-20-,25-21-,27-23-,35-32-,38-37-,40-34-,47-43-,52-48-,58-54-. The number of hydrogen-bond acceptors (Lipinski definition) is 15. The van der Waals surface area contributed by atoms with Crippen LogP contribution in [0.2, 0.25) is 0 Å². The summed E-state index contributed by atoms with van der Waals surface area (Å²) in [5, 5.41) is 10.6. The Hall–Kier alpha value is -4.80. The number of rotatable bonds is 71. The first-order valence-electron chi connectivity index (χ1n) is 38.4. The molecule has 0 saturated carbocycles. The molecule has 100 heavy (non-hydrogen) atoms. The van der Waals surface area contributed by atoms with Gasteiger partial charge in [-0.25, -0.2) is 9.13 Å². The molecule has 0 spiro atoms. The molecule has 0 amide bonds. The quantitative estimate of drug-likeness (QED) is 0.0169. The van der Waals surface area contributed by atoms with Gasteiger partial charge >= 0.3 is 39.5 Å². The molecule has 0 saturated heterocycles. The van der Waals surface area contributed by atoms with Crippen molar-refractivity contribution < 1.29 is 80.2 Å². The third-order valence-corrected chi connectivity index (χ3v) is 17.5. The van der Waals surface area contributed by atoms with Gasteiger partial charge < -0.3 is 33.8 Å². The second-order valence-electron chi connectivity index (χ2n) is 25.2. The Morgan fingerprint density at radius 3 is 0.920 bits per heavy atom. The van der Waals surface area contributed by atoms with Gasteiger partial charge in [-0.2, -0.15) is 0 Å². The van der Waals surface area contributed by atoms with Gasteiger partial charge in [0, 0.05) is 25.7 Å². The summed E-state index contributed by atoms with van der Waals surface area (Å²) in [5.74, 6) is -2.33. The summed E-state index contributed by atoms with van der Waals surface area (Å²) in [4.78, 5) is 72.8. The highest BCUT2D eigenvalue weighted by Gasteiger charge is 2.30. The minimum atomic E-state index is -5.00. The molecule has 19 heteroatoms. The Kier molecular flexibility index (Phi) is 69.1. The Bertz CT molecular complexity index is 2420. The summed E-state index contributed by atoms with van der Waals surface area (Å²) in [6, 6.07) is 0. The lowest BCUT2D eigenvalue weighted by Gasteiger charge is -2.21. The van der Waals surface area contributed by atoms with Crippen LogP contribution >= 0.6 is 15.6 Å². The van der Waals surface area contributed by atoms with E-state index in [1.807, 2.05) is 18.2 Å². The lowest BCUT2D eigenvalue weighted by atomic mass is 10.0. The number of phosphoric ester groups is 2. The summed E-state index contributed by atoms with van der Waals surface area (Å²) in [6.45, 7) is 4.46. The summed E-state index contributed by atoms with van der Waals surface area (Å²) in [5.41, 5.74) is 0. The van der Waals surface area contributed by atoms with Gasteiger partial charge in [0.05, 0.1) is 26.4 Å². The monoisotopic (exact) mass is 1440 g/mol. The summed E-state index contributed by atoms with van der Waals surface area (Å²) in [7, 11) is -9.99. The van der Waals surface area contributed by atoms with Crippen molar-refractivity contribution in [2.75, 3.05) is 39.6 Å². The molecule has 0 aromatic heterocycles. The molecule has 0 radical (unpaired) electrons. The Labute approximate surface area is 605 Å². The molecule has 0 heterocycles. The fraction of sp³-hybridized carbons (Fsp3) is 0.679. The van der Waals surface area contributed by atoms with Crippen molar-refractivity contribution in [3.05, 3.63) is 134 Å². The largest absolute Gasteiger partial charge is 0.472 e. The predicted octanol–water partition coefficient (Wildman–Crippen LogP) is 22.1. The highest BCUT2D eigenvalue weighted by Crippen LogP contribution is 2.45. The van der Waals surface area contributed by atoms with Crippen molar-refractivity contribution in [3.63, 3.8) is 0 Å². The lowest BCUT2D eigenvalue weighted by Crippen LogP contribution is -2.30. The normalized spacial score (nSPS) is 14.7. The molecule has 5 unspecified atom stereocenters. The molecule has 0 aromatic carbocycles. The van der Waals surface area contributed by atoms with Crippen LogP contribution in [0.4, 0.5) is 0 Å². The van der Waals surface area contributed by atoms with E-state index in [4.69, 9.17) is 37.0 Å². The lowest BCUT2D eigenvalue weighted by molar-refractivity contribution is -0.161. The Morgan fingerprint density at radius 2 is 0.550 bits per heavy atom. The van der Waals surface area contributed by atoms with Gasteiger partial charge in [0.15, 0.2) is 12.2 Å². The Balaban J connectivity index is 5.43. The molecule has 0 bridgehead atoms. The third-order valence-electron chi connectivity index (χ3n) is 15.6. The number of allylic oxidation sites excluding steroid dienone is 22. The first-order chi connectivity index (χ1) is 48.7. The second kappa shape index (κ2) is 72.5. The zero-order valence-electron chi connectivity index (χ0n) is 62.3. The van der Waals surface area contributed by atoms with E-state index in [1.54, 1.807) is 0 Å². The zero-order chi connectivity index (χ0) is 73.2. The van der Waals surface area contributed by atoms with Crippen LogP contribution in [0.1, 0.15) is 297 Å². The molecule has 17 nitrogen and oxygen atoms in total. The van der Waals surface area contributed by atoms with E-state index in [0.717, 1.165) is 122 Å². The molecule has 572 valence electrons. The van der Waals surface area contributed by atoms with Gasteiger partial charge in [0.2, 0.25) is 0 Å². The highest BCUT2D eigenvalue weighted by atomic mass is 31.2. The maximum atomic E-state index is 13.1. The van der Waals surface area contributed by atoms with Crippen LogP contribution in [-0.2, 0) is 65.4 Å². The van der Waals surface area contributed by atoms with Crippen molar-refractivity contribution in [2.45, 2.75) is 316 Å². The van der Waals surface area contributed by atoms with Crippen LogP contribution in [0, 0.1) is 0 Å². The highest BCUT2D eigenvalue weighted by molar-refractivity contribution is 7.47. The fourth-order valence-electron chi connectivity index (χ4n) is 9.81. The van der Waals surface area contributed by atoms with Gasteiger partial charge in [0.1, 0.15) is 19.3 Å². The predicted molar refractivity (Wildman–Crippen MR) is 408 cm³/mol. The smallest absolute Gasteiger partial charge is 0.462 e. The van der Waals surface area contributed by atoms with Crippen molar-refractivity contribution in [1.29, 1.82) is 0 Å². The van der Waals surface area contributed by atoms with E-state index >= 15 is 0 Å². The van der Waals surface area contributed by atoms with E-state index in [1.165, 1.54) is 83.5 Å². The number of carbonyl (C=O) groups is 4. The summed E-state index contributed by atoms with van der Waals surface area (Å²) >= 11 is 0. The van der Waals surface area contributed by atoms with Crippen LogP contribution in [-0.4, -0.2) is 96.7 Å². The molecule has 0 aliphatic rings. The maximum Gasteiger partial charge on any atom is 0.472 e. The number of esters is 4. The van der Waals surface area contributed by atoms with E-state index in [2.05, 4.69) is 143 Å². The number of hydrogen-bond donors (Lipinski definition) is 3. The first-order valence-corrected chi connectivity index (χ1v) is 41.4. The minimum absolute atomic E-state index is 0.0233. The van der Waals surface area contributed by atoms with Crippen molar-refractivity contribution in [2.24, 2.45) is 0 Å². The van der Waals surface area contributed by atoms with Crippen molar-refractivity contribution >= 4 is 39.5 Å². The topological polar surface area (TPSA) is 237 Å². The summed E-state index contributed by atoms with van der Waals surface area (Å²) < 4.78 is 68.3. The Morgan fingerprint density at radius 1 is 0.290 bits per heavy atom. The number of unbranched alkanes of at least 4 members (excludes halogenated alkanes) is 23. The minimum Gasteiger partial charge on any atom is -0.462 e. The molecular formula is C81H136O17P2. The van der Waals surface area contributed by atoms with E-state index in [-0.39, 0.29) is 25.7 Å². The molecule has 0 fully saturated rings. The van der Waals surface area contributed by atoms with Gasteiger partial charge in [0.25, 0.3) is 0 Å². The van der Waals surface area contributed by atoms with Crippen LogP contribution in [0.25, 0.3) is 0 Å². The van der Waals surface area contributed by atoms with Crippen LogP contribution in [0.15, 0.2) is 134 Å². The second-order valence-corrected chi connectivity index (χ2v) is 28.1. The van der Waals surface area contributed by atoms with E-state index in [0.29, 0.717) is 38.5 Å². The number of carbonyl (C=O) groups excluding carboxylic acids is 4. The molecule has 5 atom stereocenters. The fourth-order valence-corrected chi connectivity index (χ4v) is 11.4. The third kappa shape index (κ3) is 71.6. The molecule has 0 aromatic rings. The average Bonchev–Trinajstić information content (AvgIpc) is 0.985. The zero-order valence-corrected chi connectivity index (χ0v) is 64.1.